The van der Waals surface area contributed by atoms with Gasteiger partial charge in [-0.05, 0) is 32.7 Å². The van der Waals surface area contributed by atoms with Crippen molar-refractivity contribution in [2.24, 2.45) is 0 Å². The summed E-state index contributed by atoms with van der Waals surface area (Å²) in [7, 11) is 0. The largest absolute Gasteiger partial charge is 0.378 e. The molecule has 0 bridgehead atoms. The maximum absolute atomic E-state index is 5.56. The number of hydrogen-bond acceptors (Lipinski definition) is 2. The molecular weight excluding hydrogens is 222 g/mol. The third-order valence-corrected chi connectivity index (χ3v) is 3.96. The molecule has 1 rings (SSSR count). The van der Waals surface area contributed by atoms with Gasteiger partial charge in [0.05, 0.1) is 6.10 Å². The van der Waals surface area contributed by atoms with E-state index in [4.69, 9.17) is 4.74 Å². The second-order valence-electron chi connectivity index (χ2n) is 5.67. The van der Waals surface area contributed by atoms with Gasteiger partial charge < -0.3 is 10.1 Å². The van der Waals surface area contributed by atoms with Crippen LogP contribution in [0.1, 0.15) is 78.1 Å². The molecular formula is C16H33NO. The second kappa shape index (κ2) is 10.8. The molecule has 0 saturated heterocycles. The van der Waals surface area contributed by atoms with Crippen LogP contribution >= 0.6 is 0 Å². The minimum Gasteiger partial charge on any atom is -0.378 e. The fraction of sp³-hybridized carbons (Fsp3) is 1.00. The van der Waals surface area contributed by atoms with E-state index in [2.05, 4.69) is 19.2 Å². The Kier molecular flexibility index (Phi) is 9.59. The Balaban J connectivity index is 1.72. The monoisotopic (exact) mass is 255 g/mol. The summed E-state index contributed by atoms with van der Waals surface area (Å²) in [6.07, 6.45) is 14.3. The molecule has 0 radical (unpaired) electrons. The lowest BCUT2D eigenvalue weighted by Gasteiger charge is -2.35. The van der Waals surface area contributed by atoms with Crippen LogP contribution in [0.4, 0.5) is 0 Å². The van der Waals surface area contributed by atoms with Gasteiger partial charge in [-0.15, -0.1) is 0 Å². The molecule has 0 spiro atoms. The summed E-state index contributed by atoms with van der Waals surface area (Å²) in [6.45, 7) is 6.44. The molecule has 0 unspecified atom stereocenters. The van der Waals surface area contributed by atoms with E-state index >= 15 is 0 Å². The molecule has 1 aliphatic carbocycles. The molecule has 0 amide bonds. The average Bonchev–Trinajstić information content (AvgIpc) is 2.33. The zero-order chi connectivity index (χ0) is 13.1. The smallest absolute Gasteiger partial charge is 0.0604 e. The van der Waals surface area contributed by atoms with Crippen molar-refractivity contribution in [1.29, 1.82) is 0 Å². The highest BCUT2D eigenvalue weighted by Crippen LogP contribution is 2.23. The minimum atomic E-state index is 0.547. The van der Waals surface area contributed by atoms with Crippen LogP contribution in [0.15, 0.2) is 0 Å². The Morgan fingerprint density at radius 3 is 2.11 bits per heavy atom. The van der Waals surface area contributed by atoms with E-state index in [1.165, 1.54) is 70.8 Å². The highest BCUT2D eigenvalue weighted by molar-refractivity contribution is 4.85. The predicted octanol–water partition coefficient (Wildman–Crippen LogP) is 4.28. The molecule has 18 heavy (non-hydrogen) atoms. The molecule has 1 fully saturated rings. The van der Waals surface area contributed by atoms with E-state index in [0.29, 0.717) is 6.10 Å². The fourth-order valence-electron chi connectivity index (χ4n) is 2.67. The molecule has 2 heteroatoms. The Morgan fingerprint density at radius 1 is 0.889 bits per heavy atom. The number of rotatable bonds is 12. The van der Waals surface area contributed by atoms with Gasteiger partial charge in [0.1, 0.15) is 0 Å². The van der Waals surface area contributed by atoms with E-state index in [1.54, 1.807) is 0 Å². The molecule has 1 N–H and O–H groups in total. The van der Waals surface area contributed by atoms with E-state index in [1.807, 2.05) is 0 Å². The zero-order valence-electron chi connectivity index (χ0n) is 12.5. The first-order chi connectivity index (χ1) is 8.86. The van der Waals surface area contributed by atoms with Crippen LogP contribution in [0, 0.1) is 0 Å². The first-order valence-corrected chi connectivity index (χ1v) is 8.21. The van der Waals surface area contributed by atoms with Crippen molar-refractivity contribution in [3.63, 3.8) is 0 Å². The van der Waals surface area contributed by atoms with Crippen molar-refractivity contribution in [2.45, 2.75) is 90.2 Å². The van der Waals surface area contributed by atoms with Crippen LogP contribution in [0.3, 0.4) is 0 Å². The lowest BCUT2D eigenvalue weighted by molar-refractivity contribution is -0.00975. The van der Waals surface area contributed by atoms with Crippen molar-refractivity contribution in [1.82, 2.24) is 5.32 Å². The zero-order valence-corrected chi connectivity index (χ0v) is 12.5. The van der Waals surface area contributed by atoms with E-state index < -0.39 is 0 Å². The van der Waals surface area contributed by atoms with Crippen molar-refractivity contribution in [3.05, 3.63) is 0 Å². The molecule has 0 heterocycles. The molecule has 0 aromatic rings. The molecule has 108 valence electrons. The first kappa shape index (κ1) is 16.0. The van der Waals surface area contributed by atoms with E-state index in [9.17, 15) is 0 Å². The number of hydrogen-bond donors (Lipinski definition) is 1. The van der Waals surface area contributed by atoms with Crippen LogP contribution in [0.25, 0.3) is 0 Å². The quantitative estimate of drug-likeness (QED) is 0.525. The van der Waals surface area contributed by atoms with Crippen LogP contribution in [-0.4, -0.2) is 25.3 Å². The van der Waals surface area contributed by atoms with Crippen molar-refractivity contribution in [3.8, 4) is 0 Å². The second-order valence-corrected chi connectivity index (χ2v) is 5.67. The summed E-state index contributed by atoms with van der Waals surface area (Å²) in [5, 5.41) is 3.64. The first-order valence-electron chi connectivity index (χ1n) is 8.21. The van der Waals surface area contributed by atoms with Crippen LogP contribution in [0.5, 0.6) is 0 Å². The lowest BCUT2D eigenvalue weighted by Crippen LogP contribution is -2.45. The molecule has 1 saturated carbocycles. The fourth-order valence-corrected chi connectivity index (χ4v) is 2.67. The van der Waals surface area contributed by atoms with Gasteiger partial charge in [0, 0.05) is 12.6 Å². The normalized spacial score (nSPS) is 23.0. The van der Waals surface area contributed by atoms with Gasteiger partial charge in [0.25, 0.3) is 0 Å². The summed E-state index contributed by atoms with van der Waals surface area (Å²) in [6, 6.07) is 0.742. The summed E-state index contributed by atoms with van der Waals surface area (Å²) < 4.78 is 5.56. The third kappa shape index (κ3) is 7.38. The molecule has 0 aromatic carbocycles. The number of ether oxygens (including phenoxy) is 1. The Hall–Kier alpha value is -0.0800. The minimum absolute atomic E-state index is 0.547. The van der Waals surface area contributed by atoms with Crippen molar-refractivity contribution in [2.75, 3.05) is 13.2 Å². The van der Waals surface area contributed by atoms with E-state index in [0.717, 1.165) is 12.6 Å². The number of unbranched alkanes of at least 4 members (excludes halogenated alkanes) is 7. The SMILES string of the molecule is CCCCCCCCCCNC1CC(OCC)C1. The highest BCUT2D eigenvalue weighted by Gasteiger charge is 2.28. The predicted molar refractivity (Wildman–Crippen MR) is 79.0 cm³/mol. The summed E-state index contributed by atoms with van der Waals surface area (Å²) >= 11 is 0. The van der Waals surface area contributed by atoms with Gasteiger partial charge in [0.2, 0.25) is 0 Å². The maximum Gasteiger partial charge on any atom is 0.0604 e. The van der Waals surface area contributed by atoms with Gasteiger partial charge >= 0.3 is 0 Å². The molecule has 0 aliphatic heterocycles. The molecule has 2 nitrogen and oxygen atoms in total. The standard InChI is InChI=1S/C16H33NO/c1-3-5-6-7-8-9-10-11-12-17-15-13-16(14-15)18-4-2/h15-17H,3-14H2,1-2H3. The Morgan fingerprint density at radius 2 is 1.50 bits per heavy atom. The lowest BCUT2D eigenvalue weighted by atomic mass is 9.89. The van der Waals surface area contributed by atoms with E-state index in [-0.39, 0.29) is 0 Å². The van der Waals surface area contributed by atoms with Crippen molar-refractivity contribution >= 4 is 0 Å². The summed E-state index contributed by atoms with van der Waals surface area (Å²) in [5.74, 6) is 0. The van der Waals surface area contributed by atoms with Gasteiger partial charge in [0.15, 0.2) is 0 Å². The van der Waals surface area contributed by atoms with Crippen molar-refractivity contribution < 1.29 is 4.74 Å². The Bertz CT molecular complexity index is 178. The van der Waals surface area contributed by atoms with Crippen LogP contribution in [-0.2, 0) is 4.74 Å². The molecule has 0 aromatic heterocycles. The van der Waals surface area contributed by atoms with Gasteiger partial charge in [-0.1, -0.05) is 51.9 Å². The summed E-state index contributed by atoms with van der Waals surface area (Å²) in [4.78, 5) is 0. The van der Waals surface area contributed by atoms with Gasteiger partial charge in [-0.3, -0.25) is 0 Å². The average molecular weight is 255 g/mol. The molecule has 0 atom stereocenters. The topological polar surface area (TPSA) is 21.3 Å². The van der Waals surface area contributed by atoms with Crippen LogP contribution in [0.2, 0.25) is 0 Å². The van der Waals surface area contributed by atoms with Gasteiger partial charge in [-0.25, -0.2) is 0 Å². The number of nitrogens with one attached hydrogen (secondary N) is 1. The summed E-state index contributed by atoms with van der Waals surface area (Å²) in [5.41, 5.74) is 0. The molecule has 1 aliphatic rings. The maximum atomic E-state index is 5.56. The Labute approximate surface area is 114 Å². The third-order valence-electron chi connectivity index (χ3n) is 3.96. The highest BCUT2D eigenvalue weighted by atomic mass is 16.5. The van der Waals surface area contributed by atoms with Gasteiger partial charge in [-0.2, -0.15) is 0 Å². The van der Waals surface area contributed by atoms with Crippen LogP contribution < -0.4 is 5.32 Å².